The summed E-state index contributed by atoms with van der Waals surface area (Å²) in [4.78, 5) is 12.6. The third-order valence-electron chi connectivity index (χ3n) is 2.82. The first-order chi connectivity index (χ1) is 7.84. The summed E-state index contributed by atoms with van der Waals surface area (Å²) < 4.78 is 1.51. The molecular weight excluding hydrogens is 222 g/mol. The van der Waals surface area contributed by atoms with Crippen molar-refractivity contribution in [2.75, 3.05) is 26.0 Å². The van der Waals surface area contributed by atoms with Crippen LogP contribution in [0.3, 0.4) is 0 Å². The Morgan fingerprint density at radius 3 is 2.65 bits per heavy atom. The van der Waals surface area contributed by atoms with E-state index < -0.39 is 4.92 Å². The summed E-state index contributed by atoms with van der Waals surface area (Å²) in [5, 5.41) is 18.1. The summed E-state index contributed by atoms with van der Waals surface area (Å²) in [7, 11) is 5.63. The molecule has 0 aliphatic carbocycles. The molecule has 0 saturated heterocycles. The van der Waals surface area contributed by atoms with Crippen LogP contribution in [-0.2, 0) is 7.05 Å². The van der Waals surface area contributed by atoms with Crippen molar-refractivity contribution in [3.05, 3.63) is 15.8 Å². The fraction of sp³-hybridized carbons (Fsp3) is 0.700. The van der Waals surface area contributed by atoms with Crippen molar-refractivity contribution in [1.82, 2.24) is 14.7 Å². The number of rotatable bonds is 5. The summed E-state index contributed by atoms with van der Waals surface area (Å²) in [6.45, 7) is 4.31. The predicted octanol–water partition coefficient (Wildman–Crippen LogP) is 0.999. The standard InChI is InChI=1S/C10H19N5O2/c1-7(13(3)4)6-11-10-9(15(16)17)8(2)12-14(10)5/h7,11H,6H2,1-5H3. The maximum Gasteiger partial charge on any atom is 0.333 e. The van der Waals surface area contributed by atoms with Gasteiger partial charge in [-0.05, 0) is 27.9 Å². The van der Waals surface area contributed by atoms with E-state index in [0.29, 0.717) is 18.1 Å². The van der Waals surface area contributed by atoms with Gasteiger partial charge in [0.15, 0.2) is 0 Å². The molecule has 7 heteroatoms. The van der Waals surface area contributed by atoms with Crippen molar-refractivity contribution in [2.45, 2.75) is 19.9 Å². The molecule has 1 atom stereocenters. The Hall–Kier alpha value is -1.63. The van der Waals surface area contributed by atoms with Crippen LogP contribution in [0.4, 0.5) is 11.5 Å². The number of nitrogens with zero attached hydrogens (tertiary/aromatic N) is 4. The molecule has 7 nitrogen and oxygen atoms in total. The molecule has 1 heterocycles. The van der Waals surface area contributed by atoms with Crippen LogP contribution < -0.4 is 5.32 Å². The van der Waals surface area contributed by atoms with Crippen molar-refractivity contribution in [1.29, 1.82) is 0 Å². The highest BCUT2D eigenvalue weighted by Gasteiger charge is 2.24. The van der Waals surface area contributed by atoms with Crippen molar-refractivity contribution in [3.8, 4) is 0 Å². The first-order valence-corrected chi connectivity index (χ1v) is 5.42. The molecule has 0 fully saturated rings. The van der Waals surface area contributed by atoms with E-state index in [0.717, 1.165) is 0 Å². The van der Waals surface area contributed by atoms with Crippen LogP contribution in [0.25, 0.3) is 0 Å². The number of nitro groups is 1. The first kappa shape index (κ1) is 13.4. The van der Waals surface area contributed by atoms with Gasteiger partial charge in [0.2, 0.25) is 5.82 Å². The molecule has 0 radical (unpaired) electrons. The van der Waals surface area contributed by atoms with Gasteiger partial charge in [-0.3, -0.25) is 10.1 Å². The van der Waals surface area contributed by atoms with Gasteiger partial charge in [-0.15, -0.1) is 0 Å². The molecule has 0 spiro atoms. The lowest BCUT2D eigenvalue weighted by Gasteiger charge is -2.20. The lowest BCUT2D eigenvalue weighted by molar-refractivity contribution is -0.384. The molecule has 0 aromatic carbocycles. The highest BCUT2D eigenvalue weighted by Crippen LogP contribution is 2.27. The molecule has 0 bridgehead atoms. The van der Waals surface area contributed by atoms with Gasteiger partial charge in [0, 0.05) is 19.6 Å². The van der Waals surface area contributed by atoms with E-state index in [-0.39, 0.29) is 11.7 Å². The number of hydrogen-bond acceptors (Lipinski definition) is 5. The summed E-state index contributed by atoms with van der Waals surface area (Å²) >= 11 is 0. The molecule has 1 unspecified atom stereocenters. The van der Waals surface area contributed by atoms with E-state index >= 15 is 0 Å². The molecule has 0 amide bonds. The van der Waals surface area contributed by atoms with Crippen LogP contribution in [0, 0.1) is 17.0 Å². The van der Waals surface area contributed by atoms with Gasteiger partial charge >= 0.3 is 5.69 Å². The fourth-order valence-corrected chi connectivity index (χ4v) is 1.49. The smallest absolute Gasteiger partial charge is 0.333 e. The van der Waals surface area contributed by atoms with E-state index in [9.17, 15) is 10.1 Å². The van der Waals surface area contributed by atoms with Gasteiger partial charge in [-0.1, -0.05) is 0 Å². The second-order valence-electron chi connectivity index (χ2n) is 4.36. The van der Waals surface area contributed by atoms with Crippen molar-refractivity contribution in [2.24, 2.45) is 7.05 Å². The van der Waals surface area contributed by atoms with Crippen LogP contribution in [0.15, 0.2) is 0 Å². The zero-order valence-corrected chi connectivity index (χ0v) is 10.9. The monoisotopic (exact) mass is 241 g/mol. The van der Waals surface area contributed by atoms with Crippen LogP contribution in [-0.4, -0.2) is 46.3 Å². The number of nitrogens with one attached hydrogen (secondary N) is 1. The van der Waals surface area contributed by atoms with Gasteiger partial charge in [0.05, 0.1) is 4.92 Å². The second kappa shape index (κ2) is 5.13. The van der Waals surface area contributed by atoms with E-state index in [4.69, 9.17) is 0 Å². The molecule has 1 aromatic heterocycles. The Morgan fingerprint density at radius 1 is 1.59 bits per heavy atom. The lowest BCUT2D eigenvalue weighted by Crippen LogP contribution is -2.32. The predicted molar refractivity (Wildman–Crippen MR) is 66.2 cm³/mol. The number of hydrogen-bond donors (Lipinski definition) is 1. The zero-order valence-electron chi connectivity index (χ0n) is 10.9. The van der Waals surface area contributed by atoms with E-state index in [1.165, 1.54) is 4.68 Å². The Kier molecular flexibility index (Phi) is 4.06. The summed E-state index contributed by atoms with van der Waals surface area (Å²) in [6.07, 6.45) is 0. The van der Waals surface area contributed by atoms with Gasteiger partial charge < -0.3 is 10.2 Å². The van der Waals surface area contributed by atoms with Gasteiger partial charge in [-0.2, -0.15) is 5.10 Å². The van der Waals surface area contributed by atoms with E-state index in [1.54, 1.807) is 14.0 Å². The number of anilines is 1. The van der Waals surface area contributed by atoms with Crippen molar-refractivity contribution >= 4 is 11.5 Å². The van der Waals surface area contributed by atoms with Crippen LogP contribution in [0.1, 0.15) is 12.6 Å². The molecular formula is C10H19N5O2. The minimum Gasteiger partial charge on any atom is -0.363 e. The van der Waals surface area contributed by atoms with Gasteiger partial charge in [0.25, 0.3) is 0 Å². The molecule has 0 aliphatic rings. The minimum absolute atomic E-state index is 0.0541. The number of aryl methyl sites for hydroxylation is 2. The quantitative estimate of drug-likeness (QED) is 0.614. The van der Waals surface area contributed by atoms with E-state index in [1.807, 2.05) is 25.9 Å². The second-order valence-corrected chi connectivity index (χ2v) is 4.36. The largest absolute Gasteiger partial charge is 0.363 e. The van der Waals surface area contributed by atoms with Crippen LogP contribution in [0.5, 0.6) is 0 Å². The van der Waals surface area contributed by atoms with Crippen molar-refractivity contribution < 1.29 is 4.92 Å². The molecule has 96 valence electrons. The zero-order chi connectivity index (χ0) is 13.2. The molecule has 17 heavy (non-hydrogen) atoms. The molecule has 1 aromatic rings. The Labute approximate surface area is 101 Å². The molecule has 1 N–H and O–H groups in total. The Morgan fingerprint density at radius 2 is 2.18 bits per heavy atom. The third-order valence-corrected chi connectivity index (χ3v) is 2.82. The summed E-state index contributed by atoms with van der Waals surface area (Å²) in [6, 6.07) is 0.282. The Balaban J connectivity index is 2.87. The SMILES string of the molecule is Cc1nn(C)c(NCC(C)N(C)C)c1[N+](=O)[O-]. The van der Waals surface area contributed by atoms with Gasteiger partial charge in [0.1, 0.15) is 5.69 Å². The fourth-order valence-electron chi connectivity index (χ4n) is 1.49. The Bertz CT molecular complexity index is 413. The normalized spacial score (nSPS) is 12.8. The highest BCUT2D eigenvalue weighted by molar-refractivity contribution is 5.59. The first-order valence-electron chi connectivity index (χ1n) is 5.42. The highest BCUT2D eigenvalue weighted by atomic mass is 16.6. The van der Waals surface area contributed by atoms with Crippen LogP contribution in [0.2, 0.25) is 0 Å². The number of aromatic nitrogens is 2. The van der Waals surface area contributed by atoms with Gasteiger partial charge in [-0.25, -0.2) is 4.68 Å². The van der Waals surface area contributed by atoms with Crippen molar-refractivity contribution in [3.63, 3.8) is 0 Å². The summed E-state index contributed by atoms with van der Waals surface area (Å²) in [5.74, 6) is 0.459. The summed E-state index contributed by atoms with van der Waals surface area (Å²) in [5.41, 5.74) is 0.482. The topological polar surface area (TPSA) is 76.2 Å². The molecule has 0 aliphatic heterocycles. The average molecular weight is 241 g/mol. The maximum absolute atomic E-state index is 10.9. The molecule has 1 rings (SSSR count). The third kappa shape index (κ3) is 2.94. The lowest BCUT2D eigenvalue weighted by atomic mass is 10.3. The molecule has 0 saturated carbocycles. The maximum atomic E-state index is 10.9. The van der Waals surface area contributed by atoms with Crippen LogP contribution >= 0.6 is 0 Å². The number of likely N-dealkylation sites (N-methyl/N-ethyl adjacent to an activating group) is 1. The average Bonchev–Trinajstić information content (AvgIpc) is 2.49. The minimum atomic E-state index is -0.398. The van der Waals surface area contributed by atoms with E-state index in [2.05, 4.69) is 10.4 Å².